The fraction of sp³-hybridized carbons (Fsp3) is 0.250. The van der Waals surface area contributed by atoms with Gasteiger partial charge >= 0.3 is 0 Å². The van der Waals surface area contributed by atoms with Crippen LogP contribution in [0.1, 0.15) is 24.3 Å². The maximum absolute atomic E-state index is 13.5. The molecular formula is C12H12F2N2O. The minimum atomic E-state index is -1.21. The Labute approximate surface area is 97.3 Å². The molecule has 1 atom stereocenters. The third-order valence-corrected chi connectivity index (χ3v) is 2.61. The summed E-state index contributed by atoms with van der Waals surface area (Å²) in [6, 6.07) is 5.32. The van der Waals surface area contributed by atoms with Gasteiger partial charge in [-0.15, -0.1) is 0 Å². The SMILES string of the molecule is CCn1nccc1C(O)c1cccc(F)c1F. The predicted octanol–water partition coefficient (Wildman–Crippen LogP) is 2.26. The average molecular weight is 238 g/mol. The molecule has 1 heterocycles. The van der Waals surface area contributed by atoms with Crippen LogP contribution in [0.25, 0.3) is 0 Å². The number of halogens is 2. The molecule has 90 valence electrons. The third kappa shape index (κ3) is 2.06. The normalized spacial score (nSPS) is 12.7. The first-order valence-corrected chi connectivity index (χ1v) is 5.28. The van der Waals surface area contributed by atoms with Crippen molar-refractivity contribution in [3.8, 4) is 0 Å². The summed E-state index contributed by atoms with van der Waals surface area (Å²) in [4.78, 5) is 0. The standard InChI is InChI=1S/C12H12F2N2O/c1-2-16-10(6-7-15-16)12(17)8-4-3-5-9(13)11(8)14/h3-7,12,17H,2H2,1H3. The van der Waals surface area contributed by atoms with Crippen molar-refractivity contribution in [2.75, 3.05) is 0 Å². The molecule has 0 saturated carbocycles. The second-order valence-electron chi connectivity index (χ2n) is 3.62. The minimum Gasteiger partial charge on any atom is -0.382 e. The monoisotopic (exact) mass is 238 g/mol. The van der Waals surface area contributed by atoms with E-state index in [0.717, 1.165) is 6.07 Å². The van der Waals surface area contributed by atoms with Crippen molar-refractivity contribution in [3.63, 3.8) is 0 Å². The first-order chi connectivity index (χ1) is 8.15. The quantitative estimate of drug-likeness (QED) is 0.890. The van der Waals surface area contributed by atoms with E-state index in [2.05, 4.69) is 5.10 Å². The Balaban J connectivity index is 2.44. The van der Waals surface area contributed by atoms with Crippen molar-refractivity contribution in [1.29, 1.82) is 0 Å². The van der Waals surface area contributed by atoms with E-state index in [9.17, 15) is 13.9 Å². The van der Waals surface area contributed by atoms with E-state index in [1.165, 1.54) is 23.0 Å². The van der Waals surface area contributed by atoms with Crippen LogP contribution < -0.4 is 0 Å². The molecule has 0 saturated heterocycles. The second kappa shape index (κ2) is 4.63. The summed E-state index contributed by atoms with van der Waals surface area (Å²) in [6.07, 6.45) is 0.298. The summed E-state index contributed by atoms with van der Waals surface area (Å²) >= 11 is 0. The number of aromatic nitrogens is 2. The zero-order valence-electron chi connectivity index (χ0n) is 9.27. The molecule has 0 aliphatic rings. The molecule has 1 N–H and O–H groups in total. The number of hydrogen-bond acceptors (Lipinski definition) is 2. The van der Waals surface area contributed by atoms with Gasteiger partial charge in [0.2, 0.25) is 0 Å². The Bertz CT molecular complexity index is 525. The van der Waals surface area contributed by atoms with Crippen molar-refractivity contribution >= 4 is 0 Å². The van der Waals surface area contributed by atoms with Gasteiger partial charge in [0.05, 0.1) is 5.69 Å². The van der Waals surface area contributed by atoms with Gasteiger partial charge < -0.3 is 5.11 Å². The fourth-order valence-corrected chi connectivity index (χ4v) is 1.73. The molecule has 17 heavy (non-hydrogen) atoms. The van der Waals surface area contributed by atoms with Crippen molar-refractivity contribution in [1.82, 2.24) is 9.78 Å². The average Bonchev–Trinajstić information content (AvgIpc) is 2.80. The fourth-order valence-electron chi connectivity index (χ4n) is 1.73. The molecule has 0 spiro atoms. The number of nitrogens with zero attached hydrogens (tertiary/aromatic N) is 2. The summed E-state index contributed by atoms with van der Waals surface area (Å²) in [5.74, 6) is -1.99. The number of aliphatic hydroxyl groups excluding tert-OH is 1. The van der Waals surface area contributed by atoms with Crippen LogP contribution in [0.15, 0.2) is 30.5 Å². The maximum Gasteiger partial charge on any atom is 0.165 e. The van der Waals surface area contributed by atoms with Gasteiger partial charge in [0.15, 0.2) is 11.6 Å². The molecule has 3 nitrogen and oxygen atoms in total. The predicted molar refractivity (Wildman–Crippen MR) is 58.3 cm³/mol. The van der Waals surface area contributed by atoms with Gasteiger partial charge in [-0.2, -0.15) is 5.10 Å². The maximum atomic E-state index is 13.5. The summed E-state index contributed by atoms with van der Waals surface area (Å²) < 4.78 is 28.1. The zero-order chi connectivity index (χ0) is 12.4. The number of hydrogen-bond donors (Lipinski definition) is 1. The highest BCUT2D eigenvalue weighted by Gasteiger charge is 2.20. The van der Waals surface area contributed by atoms with Crippen LogP contribution in [0.5, 0.6) is 0 Å². The van der Waals surface area contributed by atoms with Crippen molar-refractivity contribution < 1.29 is 13.9 Å². The van der Waals surface area contributed by atoms with Gasteiger partial charge in [0.1, 0.15) is 6.10 Å². The highest BCUT2D eigenvalue weighted by Crippen LogP contribution is 2.25. The second-order valence-corrected chi connectivity index (χ2v) is 3.62. The Hall–Kier alpha value is -1.75. The van der Waals surface area contributed by atoms with E-state index in [-0.39, 0.29) is 5.56 Å². The first-order valence-electron chi connectivity index (χ1n) is 5.28. The summed E-state index contributed by atoms with van der Waals surface area (Å²) in [7, 11) is 0. The number of rotatable bonds is 3. The minimum absolute atomic E-state index is 0.0831. The van der Waals surface area contributed by atoms with E-state index >= 15 is 0 Å². The molecule has 0 aliphatic heterocycles. The molecule has 0 fully saturated rings. The van der Waals surface area contributed by atoms with Gasteiger partial charge in [-0.05, 0) is 19.1 Å². The van der Waals surface area contributed by atoms with E-state index in [1.807, 2.05) is 6.92 Å². The van der Waals surface area contributed by atoms with Gasteiger partial charge in [-0.1, -0.05) is 12.1 Å². The zero-order valence-corrected chi connectivity index (χ0v) is 9.27. The van der Waals surface area contributed by atoms with Crippen LogP contribution in [0.3, 0.4) is 0 Å². The summed E-state index contributed by atoms with van der Waals surface area (Å²) in [6.45, 7) is 2.40. The molecule has 1 aromatic carbocycles. The molecule has 0 radical (unpaired) electrons. The van der Waals surface area contributed by atoms with Crippen molar-refractivity contribution in [2.45, 2.75) is 19.6 Å². The van der Waals surface area contributed by atoms with Crippen LogP contribution in [0.2, 0.25) is 0 Å². The highest BCUT2D eigenvalue weighted by molar-refractivity contribution is 5.27. The molecule has 0 amide bonds. The molecule has 1 unspecified atom stereocenters. The molecule has 0 aliphatic carbocycles. The Morgan fingerprint density at radius 3 is 2.82 bits per heavy atom. The number of aryl methyl sites for hydroxylation is 1. The lowest BCUT2D eigenvalue weighted by Crippen LogP contribution is -2.11. The number of aliphatic hydroxyl groups is 1. The van der Waals surface area contributed by atoms with Gasteiger partial charge in [-0.3, -0.25) is 4.68 Å². The molecule has 5 heteroatoms. The van der Waals surface area contributed by atoms with E-state index < -0.39 is 17.7 Å². The third-order valence-electron chi connectivity index (χ3n) is 2.61. The van der Waals surface area contributed by atoms with Gasteiger partial charge in [0, 0.05) is 18.3 Å². The molecule has 0 bridgehead atoms. The van der Waals surface area contributed by atoms with Crippen LogP contribution in [-0.4, -0.2) is 14.9 Å². The molecule has 1 aromatic heterocycles. The Morgan fingerprint density at radius 1 is 1.35 bits per heavy atom. The molecule has 2 aromatic rings. The van der Waals surface area contributed by atoms with Crippen LogP contribution in [0.4, 0.5) is 8.78 Å². The van der Waals surface area contributed by atoms with E-state index in [0.29, 0.717) is 12.2 Å². The molecular weight excluding hydrogens is 226 g/mol. The highest BCUT2D eigenvalue weighted by atomic mass is 19.2. The van der Waals surface area contributed by atoms with E-state index in [4.69, 9.17) is 0 Å². The topological polar surface area (TPSA) is 38.0 Å². The largest absolute Gasteiger partial charge is 0.382 e. The Morgan fingerprint density at radius 2 is 2.12 bits per heavy atom. The molecule has 2 rings (SSSR count). The number of benzene rings is 1. The van der Waals surface area contributed by atoms with Crippen molar-refractivity contribution in [2.24, 2.45) is 0 Å². The van der Waals surface area contributed by atoms with E-state index in [1.54, 1.807) is 6.07 Å². The van der Waals surface area contributed by atoms with Gasteiger partial charge in [-0.25, -0.2) is 8.78 Å². The Kier molecular flexibility index (Phi) is 3.19. The van der Waals surface area contributed by atoms with Crippen LogP contribution in [0, 0.1) is 11.6 Å². The lowest BCUT2D eigenvalue weighted by atomic mass is 10.1. The summed E-state index contributed by atoms with van der Waals surface area (Å²) in [5.41, 5.74) is 0.359. The van der Waals surface area contributed by atoms with Crippen LogP contribution in [-0.2, 0) is 6.54 Å². The van der Waals surface area contributed by atoms with Gasteiger partial charge in [0.25, 0.3) is 0 Å². The smallest absolute Gasteiger partial charge is 0.165 e. The van der Waals surface area contributed by atoms with Crippen LogP contribution >= 0.6 is 0 Å². The summed E-state index contributed by atoms with van der Waals surface area (Å²) in [5, 5.41) is 14.0. The lowest BCUT2D eigenvalue weighted by molar-refractivity contribution is 0.201. The van der Waals surface area contributed by atoms with Crippen molar-refractivity contribution in [3.05, 3.63) is 53.4 Å². The lowest BCUT2D eigenvalue weighted by Gasteiger charge is -2.13. The first kappa shape index (κ1) is 11.7.